The Morgan fingerprint density at radius 3 is 2.50 bits per heavy atom. The van der Waals surface area contributed by atoms with Gasteiger partial charge in [-0.15, -0.1) is 16.4 Å². The largest absolute Gasteiger partial charge is 0.438 e. The highest BCUT2D eigenvalue weighted by atomic mass is 35.5. The van der Waals surface area contributed by atoms with Gasteiger partial charge in [-0.25, -0.2) is 4.79 Å². The first-order valence-corrected chi connectivity index (χ1v) is 9.74. The number of aromatic nitrogens is 2. The smallest absolute Gasteiger partial charge is 0.387 e. The molecule has 2 aromatic heterocycles. The fourth-order valence-electron chi connectivity index (χ4n) is 3.02. The number of rotatable bonds is 5. The quantitative estimate of drug-likeness (QED) is 0.670. The molecule has 26 heavy (non-hydrogen) atoms. The summed E-state index contributed by atoms with van der Waals surface area (Å²) >= 11 is 7.45. The molecule has 3 aromatic rings. The molecule has 4 rings (SSSR count). The number of nitrogens with zero attached hydrogens (tertiary/aromatic N) is 4. The zero-order chi connectivity index (χ0) is 17.9. The summed E-state index contributed by atoms with van der Waals surface area (Å²) in [6, 6.07) is 11.8. The summed E-state index contributed by atoms with van der Waals surface area (Å²) in [6.45, 7) is 5.06. The van der Waals surface area contributed by atoms with E-state index in [9.17, 15) is 4.79 Å². The van der Waals surface area contributed by atoms with Crippen LogP contribution in [0.1, 0.15) is 5.56 Å². The summed E-state index contributed by atoms with van der Waals surface area (Å²) in [6.07, 6.45) is 0. The van der Waals surface area contributed by atoms with Crippen LogP contribution < -0.4 is 5.76 Å². The molecule has 1 aromatic carbocycles. The second kappa shape index (κ2) is 7.75. The van der Waals surface area contributed by atoms with Crippen molar-refractivity contribution in [2.24, 2.45) is 0 Å². The highest BCUT2D eigenvalue weighted by Crippen LogP contribution is 2.21. The first-order valence-electron chi connectivity index (χ1n) is 8.48. The number of thiophene rings is 1. The van der Waals surface area contributed by atoms with Crippen molar-refractivity contribution in [1.82, 2.24) is 19.6 Å². The zero-order valence-electron chi connectivity index (χ0n) is 14.2. The van der Waals surface area contributed by atoms with E-state index in [0.29, 0.717) is 12.6 Å². The Kier molecular flexibility index (Phi) is 5.21. The van der Waals surface area contributed by atoms with Crippen molar-refractivity contribution in [3.8, 4) is 10.8 Å². The van der Waals surface area contributed by atoms with Crippen LogP contribution >= 0.6 is 22.9 Å². The topological polar surface area (TPSA) is 54.5 Å². The van der Waals surface area contributed by atoms with Crippen LogP contribution in [0.4, 0.5) is 0 Å². The van der Waals surface area contributed by atoms with Gasteiger partial charge in [0.15, 0.2) is 0 Å². The van der Waals surface area contributed by atoms with Crippen LogP contribution in [-0.2, 0) is 13.2 Å². The lowest BCUT2D eigenvalue weighted by molar-refractivity contribution is 0.0964. The number of halogens is 1. The van der Waals surface area contributed by atoms with Crippen LogP contribution in [0.2, 0.25) is 5.02 Å². The van der Waals surface area contributed by atoms with Crippen molar-refractivity contribution in [2.45, 2.75) is 13.2 Å². The molecule has 0 amide bonds. The molecule has 6 nitrogen and oxygen atoms in total. The van der Waals surface area contributed by atoms with E-state index in [-0.39, 0.29) is 0 Å². The molecule has 0 unspecified atom stereocenters. The zero-order valence-corrected chi connectivity index (χ0v) is 15.7. The molecule has 0 bridgehead atoms. The summed E-state index contributed by atoms with van der Waals surface area (Å²) in [7, 11) is 0. The fraction of sp³-hybridized carbons (Fsp3) is 0.333. The number of benzene rings is 1. The molecule has 0 atom stereocenters. The second-order valence-corrected chi connectivity index (χ2v) is 7.70. The van der Waals surface area contributed by atoms with Gasteiger partial charge >= 0.3 is 5.76 Å². The van der Waals surface area contributed by atoms with E-state index in [0.717, 1.165) is 42.6 Å². The van der Waals surface area contributed by atoms with E-state index < -0.39 is 5.76 Å². The summed E-state index contributed by atoms with van der Waals surface area (Å²) in [5, 5.41) is 7.02. The molecule has 0 aliphatic carbocycles. The predicted octanol–water partition coefficient (Wildman–Crippen LogP) is 2.99. The van der Waals surface area contributed by atoms with Gasteiger partial charge in [0.1, 0.15) is 6.67 Å². The number of hydrogen-bond donors (Lipinski definition) is 0. The number of hydrogen-bond acceptors (Lipinski definition) is 6. The molecule has 3 heterocycles. The molecule has 0 saturated carbocycles. The van der Waals surface area contributed by atoms with Crippen molar-refractivity contribution >= 4 is 22.9 Å². The maximum absolute atomic E-state index is 12.0. The molecule has 1 aliphatic heterocycles. The Morgan fingerprint density at radius 2 is 1.81 bits per heavy atom. The summed E-state index contributed by atoms with van der Waals surface area (Å²) in [5.41, 5.74) is 1.26. The van der Waals surface area contributed by atoms with Crippen LogP contribution in [0.25, 0.3) is 10.8 Å². The Hall–Kier alpha value is -1.93. The Labute approximate surface area is 160 Å². The predicted molar refractivity (Wildman–Crippen MR) is 102 cm³/mol. The van der Waals surface area contributed by atoms with E-state index in [1.54, 1.807) is 0 Å². The number of piperazine rings is 1. The minimum atomic E-state index is -0.406. The maximum atomic E-state index is 12.0. The van der Waals surface area contributed by atoms with Gasteiger partial charge in [0.2, 0.25) is 0 Å². The molecule has 1 saturated heterocycles. The average Bonchev–Trinajstić information content (AvgIpc) is 3.29. The SMILES string of the molecule is O=c1oc(-c2cccs2)nn1CN1CCN(Cc2ccc(Cl)cc2)CC1. The van der Waals surface area contributed by atoms with Gasteiger partial charge in [-0.05, 0) is 29.1 Å². The highest BCUT2D eigenvalue weighted by Gasteiger charge is 2.19. The van der Waals surface area contributed by atoms with Gasteiger partial charge in [-0.1, -0.05) is 29.8 Å². The third kappa shape index (κ3) is 4.07. The molecule has 1 aliphatic rings. The third-order valence-electron chi connectivity index (χ3n) is 4.46. The van der Waals surface area contributed by atoms with E-state index in [1.807, 2.05) is 29.6 Å². The Bertz CT molecular complexity index is 896. The van der Waals surface area contributed by atoms with Crippen LogP contribution in [-0.4, -0.2) is 45.8 Å². The summed E-state index contributed by atoms with van der Waals surface area (Å²) < 4.78 is 6.68. The molecule has 136 valence electrons. The van der Waals surface area contributed by atoms with Gasteiger partial charge in [0.25, 0.3) is 5.89 Å². The van der Waals surface area contributed by atoms with E-state index in [4.69, 9.17) is 16.0 Å². The van der Waals surface area contributed by atoms with Gasteiger partial charge in [0, 0.05) is 37.7 Å². The summed E-state index contributed by atoms with van der Waals surface area (Å²) in [5.74, 6) is -0.0108. The van der Waals surface area contributed by atoms with Crippen molar-refractivity contribution in [1.29, 1.82) is 0 Å². The maximum Gasteiger partial charge on any atom is 0.438 e. The lowest BCUT2D eigenvalue weighted by Crippen LogP contribution is -2.47. The van der Waals surface area contributed by atoms with Crippen LogP contribution in [0.5, 0.6) is 0 Å². The van der Waals surface area contributed by atoms with Gasteiger partial charge < -0.3 is 4.42 Å². The molecule has 0 N–H and O–H groups in total. The first-order chi connectivity index (χ1) is 12.7. The normalized spacial score (nSPS) is 16.2. The van der Waals surface area contributed by atoms with Crippen molar-refractivity contribution in [2.75, 3.05) is 26.2 Å². The Morgan fingerprint density at radius 1 is 1.08 bits per heavy atom. The van der Waals surface area contributed by atoms with Gasteiger partial charge in [-0.2, -0.15) is 4.68 Å². The fourth-order valence-corrected chi connectivity index (χ4v) is 3.79. The molecular formula is C18H19ClN4O2S. The standard InChI is InChI=1S/C18H19ClN4O2S/c19-15-5-3-14(4-6-15)12-21-7-9-22(10-8-21)13-23-18(24)25-17(20-23)16-2-1-11-26-16/h1-6,11H,7-10,12-13H2. The second-order valence-electron chi connectivity index (χ2n) is 6.31. The average molecular weight is 391 g/mol. The van der Waals surface area contributed by atoms with Crippen LogP contribution in [0.3, 0.4) is 0 Å². The molecule has 8 heteroatoms. The molecule has 0 radical (unpaired) electrons. The van der Waals surface area contributed by atoms with Crippen molar-refractivity contribution < 1.29 is 4.42 Å². The molecule has 1 fully saturated rings. The minimum absolute atomic E-state index is 0.395. The Balaban J connectivity index is 1.33. The molecular weight excluding hydrogens is 372 g/mol. The van der Waals surface area contributed by atoms with E-state index >= 15 is 0 Å². The first kappa shape index (κ1) is 17.5. The monoisotopic (exact) mass is 390 g/mol. The van der Waals surface area contributed by atoms with E-state index in [1.165, 1.54) is 21.6 Å². The van der Waals surface area contributed by atoms with Crippen LogP contribution in [0, 0.1) is 0 Å². The van der Waals surface area contributed by atoms with Crippen molar-refractivity contribution in [3.05, 3.63) is 62.9 Å². The minimum Gasteiger partial charge on any atom is -0.387 e. The lowest BCUT2D eigenvalue weighted by atomic mass is 10.2. The highest BCUT2D eigenvalue weighted by molar-refractivity contribution is 7.13. The van der Waals surface area contributed by atoms with Crippen molar-refractivity contribution in [3.63, 3.8) is 0 Å². The lowest BCUT2D eigenvalue weighted by Gasteiger charge is -2.34. The van der Waals surface area contributed by atoms with Crippen LogP contribution in [0.15, 0.2) is 51.0 Å². The van der Waals surface area contributed by atoms with Gasteiger partial charge in [0.05, 0.1) is 4.88 Å². The third-order valence-corrected chi connectivity index (χ3v) is 5.57. The molecule has 0 spiro atoms. The van der Waals surface area contributed by atoms with E-state index in [2.05, 4.69) is 27.0 Å². The summed E-state index contributed by atoms with van der Waals surface area (Å²) in [4.78, 5) is 17.5. The van der Waals surface area contributed by atoms with Gasteiger partial charge in [-0.3, -0.25) is 9.80 Å².